The van der Waals surface area contributed by atoms with Crippen molar-refractivity contribution in [2.45, 2.75) is 37.0 Å². The number of hydrogen-bond donors (Lipinski definition) is 0. The molecule has 0 aliphatic carbocycles. The molecule has 0 aromatic heterocycles. The highest BCUT2D eigenvalue weighted by Crippen LogP contribution is 2.25. The van der Waals surface area contributed by atoms with Crippen molar-refractivity contribution in [3.63, 3.8) is 0 Å². The maximum Gasteiger partial charge on any atom is 0.243 e. The van der Waals surface area contributed by atoms with E-state index in [1.165, 1.54) is 0 Å². The fourth-order valence-corrected chi connectivity index (χ4v) is 4.40. The van der Waals surface area contributed by atoms with Gasteiger partial charge < -0.3 is 0 Å². The van der Waals surface area contributed by atoms with Crippen LogP contribution in [0.4, 0.5) is 0 Å². The van der Waals surface area contributed by atoms with Gasteiger partial charge in [-0.1, -0.05) is 18.6 Å². The van der Waals surface area contributed by atoms with Crippen LogP contribution in [0.25, 0.3) is 0 Å². The molecule has 3 nitrogen and oxygen atoms in total. The van der Waals surface area contributed by atoms with Crippen molar-refractivity contribution in [1.82, 2.24) is 4.31 Å². The minimum atomic E-state index is -3.35. The van der Waals surface area contributed by atoms with Gasteiger partial charge in [-0.2, -0.15) is 4.31 Å². The fourth-order valence-electron chi connectivity index (χ4n) is 2.33. The van der Waals surface area contributed by atoms with E-state index in [4.69, 9.17) is 11.6 Å². The normalized spacial score (nSPS) is 17.9. The molecule has 0 amide bonds. The zero-order valence-corrected chi connectivity index (χ0v) is 12.1. The second-order valence-electron chi connectivity index (χ2n) is 4.64. The van der Waals surface area contributed by atoms with Crippen LogP contribution in [0, 0.1) is 6.92 Å². The van der Waals surface area contributed by atoms with Gasteiger partial charge in [0.15, 0.2) is 0 Å². The molecular weight excluding hydrogens is 270 g/mol. The summed E-state index contributed by atoms with van der Waals surface area (Å²) in [6, 6.07) is 5.31. The molecule has 0 radical (unpaired) electrons. The molecule has 0 unspecified atom stereocenters. The van der Waals surface area contributed by atoms with Crippen molar-refractivity contribution < 1.29 is 8.42 Å². The van der Waals surface area contributed by atoms with E-state index in [2.05, 4.69) is 0 Å². The molecule has 0 bridgehead atoms. The van der Waals surface area contributed by atoms with E-state index in [0.717, 1.165) is 30.4 Å². The first-order valence-electron chi connectivity index (χ1n) is 6.22. The average molecular weight is 288 g/mol. The first-order chi connectivity index (χ1) is 8.57. The van der Waals surface area contributed by atoms with Crippen molar-refractivity contribution in [3.8, 4) is 0 Å². The molecule has 5 heteroatoms. The summed E-state index contributed by atoms with van der Waals surface area (Å²) in [4.78, 5) is 0.405. The van der Waals surface area contributed by atoms with E-state index in [1.807, 2.05) is 13.0 Å². The molecule has 2 rings (SSSR count). The van der Waals surface area contributed by atoms with E-state index < -0.39 is 10.0 Å². The first kappa shape index (κ1) is 13.8. The van der Waals surface area contributed by atoms with Gasteiger partial charge in [-0.15, -0.1) is 11.6 Å². The predicted octanol–water partition coefficient (Wildman–Crippen LogP) is 2.91. The van der Waals surface area contributed by atoms with Crippen LogP contribution in [-0.4, -0.2) is 25.8 Å². The molecule has 1 saturated heterocycles. The van der Waals surface area contributed by atoms with Crippen LogP contribution in [0.15, 0.2) is 23.1 Å². The Morgan fingerprint density at radius 3 is 2.50 bits per heavy atom. The molecule has 0 atom stereocenters. The van der Waals surface area contributed by atoms with E-state index >= 15 is 0 Å². The number of benzene rings is 1. The predicted molar refractivity (Wildman–Crippen MR) is 73.3 cm³/mol. The molecule has 1 aromatic rings. The van der Waals surface area contributed by atoms with Gasteiger partial charge in [0.05, 0.1) is 4.90 Å². The smallest absolute Gasteiger partial charge is 0.207 e. The third-order valence-electron chi connectivity index (χ3n) is 3.47. The van der Waals surface area contributed by atoms with Gasteiger partial charge in [-0.05, 0) is 37.0 Å². The summed E-state index contributed by atoms with van der Waals surface area (Å²) in [5.74, 6) is 0.342. The minimum absolute atomic E-state index is 0.342. The number of halogens is 1. The maximum atomic E-state index is 12.6. The standard InChI is InChI=1S/C13H18ClNO2S/c1-11-12(10-14)6-5-7-13(11)18(16,17)15-8-3-2-4-9-15/h5-7H,2-4,8-10H2,1H3. The van der Waals surface area contributed by atoms with Gasteiger partial charge in [0, 0.05) is 19.0 Å². The number of alkyl halides is 1. The summed E-state index contributed by atoms with van der Waals surface area (Å²) in [5, 5.41) is 0. The fraction of sp³-hybridized carbons (Fsp3) is 0.538. The number of nitrogens with zero attached hydrogens (tertiary/aromatic N) is 1. The Morgan fingerprint density at radius 2 is 1.89 bits per heavy atom. The van der Waals surface area contributed by atoms with Crippen LogP contribution >= 0.6 is 11.6 Å². The van der Waals surface area contributed by atoms with Gasteiger partial charge in [-0.3, -0.25) is 0 Å². The Kier molecular flexibility index (Phi) is 4.30. The summed E-state index contributed by atoms with van der Waals surface area (Å²) < 4.78 is 26.7. The third kappa shape index (κ3) is 2.56. The SMILES string of the molecule is Cc1c(CCl)cccc1S(=O)(=O)N1CCCCC1. The van der Waals surface area contributed by atoms with E-state index in [-0.39, 0.29) is 0 Å². The summed E-state index contributed by atoms with van der Waals surface area (Å²) >= 11 is 5.83. The van der Waals surface area contributed by atoms with Gasteiger partial charge in [0.25, 0.3) is 0 Å². The zero-order valence-electron chi connectivity index (χ0n) is 10.5. The Bertz CT molecular complexity index is 522. The van der Waals surface area contributed by atoms with Crippen molar-refractivity contribution in [1.29, 1.82) is 0 Å². The summed E-state index contributed by atoms with van der Waals surface area (Å²) in [6.07, 6.45) is 3.02. The molecule has 0 saturated carbocycles. The average Bonchev–Trinajstić information content (AvgIpc) is 2.40. The number of hydrogen-bond acceptors (Lipinski definition) is 2. The number of piperidine rings is 1. The Labute approximate surface area is 114 Å². The lowest BCUT2D eigenvalue weighted by atomic mass is 10.1. The zero-order chi connectivity index (χ0) is 13.2. The molecule has 18 heavy (non-hydrogen) atoms. The third-order valence-corrected chi connectivity index (χ3v) is 5.80. The second kappa shape index (κ2) is 5.59. The highest BCUT2D eigenvalue weighted by molar-refractivity contribution is 7.89. The minimum Gasteiger partial charge on any atom is -0.207 e. The van der Waals surface area contributed by atoms with Gasteiger partial charge in [0.2, 0.25) is 10.0 Å². The molecule has 100 valence electrons. The Hall–Kier alpha value is -0.580. The molecule has 1 aromatic carbocycles. The van der Waals surface area contributed by atoms with Crippen LogP contribution in [0.1, 0.15) is 30.4 Å². The van der Waals surface area contributed by atoms with Crippen molar-refractivity contribution in [2.24, 2.45) is 0 Å². The molecule has 1 aliphatic heterocycles. The maximum absolute atomic E-state index is 12.6. The van der Waals surface area contributed by atoms with Gasteiger partial charge >= 0.3 is 0 Å². The van der Waals surface area contributed by atoms with E-state index in [0.29, 0.717) is 23.9 Å². The summed E-state index contributed by atoms with van der Waals surface area (Å²) in [5.41, 5.74) is 1.66. The van der Waals surface area contributed by atoms with Crippen molar-refractivity contribution in [3.05, 3.63) is 29.3 Å². The molecule has 1 fully saturated rings. The monoisotopic (exact) mass is 287 g/mol. The Balaban J connectivity index is 2.40. The van der Waals surface area contributed by atoms with Crippen molar-refractivity contribution in [2.75, 3.05) is 13.1 Å². The van der Waals surface area contributed by atoms with Gasteiger partial charge in [-0.25, -0.2) is 8.42 Å². The van der Waals surface area contributed by atoms with Gasteiger partial charge in [0.1, 0.15) is 0 Å². The van der Waals surface area contributed by atoms with Crippen LogP contribution < -0.4 is 0 Å². The van der Waals surface area contributed by atoms with Crippen LogP contribution in [0.2, 0.25) is 0 Å². The van der Waals surface area contributed by atoms with Crippen LogP contribution in [0.3, 0.4) is 0 Å². The lowest BCUT2D eigenvalue weighted by Crippen LogP contribution is -2.36. The highest BCUT2D eigenvalue weighted by atomic mass is 35.5. The van der Waals surface area contributed by atoms with E-state index in [9.17, 15) is 8.42 Å². The molecule has 1 heterocycles. The quantitative estimate of drug-likeness (QED) is 0.802. The highest BCUT2D eigenvalue weighted by Gasteiger charge is 2.27. The molecule has 0 N–H and O–H groups in total. The molecular formula is C13H18ClNO2S. The topological polar surface area (TPSA) is 37.4 Å². The molecule has 1 aliphatic rings. The summed E-state index contributed by atoms with van der Waals surface area (Å²) in [6.45, 7) is 3.09. The lowest BCUT2D eigenvalue weighted by Gasteiger charge is -2.26. The number of sulfonamides is 1. The van der Waals surface area contributed by atoms with Crippen molar-refractivity contribution >= 4 is 21.6 Å². The van der Waals surface area contributed by atoms with Crippen LogP contribution in [0.5, 0.6) is 0 Å². The Morgan fingerprint density at radius 1 is 1.22 bits per heavy atom. The van der Waals surface area contributed by atoms with Crippen LogP contribution in [-0.2, 0) is 15.9 Å². The number of rotatable bonds is 3. The summed E-state index contributed by atoms with van der Waals surface area (Å²) in [7, 11) is -3.35. The first-order valence-corrected chi connectivity index (χ1v) is 8.19. The second-order valence-corrected chi connectivity index (χ2v) is 6.81. The molecule has 0 spiro atoms. The largest absolute Gasteiger partial charge is 0.243 e. The van der Waals surface area contributed by atoms with E-state index in [1.54, 1.807) is 16.4 Å². The lowest BCUT2D eigenvalue weighted by molar-refractivity contribution is 0.346.